The number of carbonyl (C=O) groups excluding carboxylic acids is 1. The van der Waals surface area contributed by atoms with Gasteiger partial charge in [-0.25, -0.2) is 4.39 Å². The Morgan fingerprint density at radius 3 is 2.56 bits per heavy atom. The molecule has 0 heterocycles. The third kappa shape index (κ3) is 5.17. The lowest BCUT2D eigenvalue weighted by atomic mass is 10.1. The molecule has 0 spiro atoms. The van der Waals surface area contributed by atoms with Gasteiger partial charge in [-0.15, -0.1) is 0 Å². The van der Waals surface area contributed by atoms with Crippen molar-refractivity contribution in [2.24, 2.45) is 0 Å². The zero-order valence-corrected chi connectivity index (χ0v) is 15.5. The minimum Gasteiger partial charge on any atom is -0.335 e. The summed E-state index contributed by atoms with van der Waals surface area (Å²) in [5, 5.41) is 9.05. The molecular formula is C23H25FN2O. The van der Waals surface area contributed by atoms with Gasteiger partial charge in [0.1, 0.15) is 11.9 Å². The quantitative estimate of drug-likeness (QED) is 0.694. The smallest absolute Gasteiger partial charge is 0.223 e. The van der Waals surface area contributed by atoms with Crippen molar-refractivity contribution in [2.75, 3.05) is 0 Å². The summed E-state index contributed by atoms with van der Waals surface area (Å²) >= 11 is 0. The lowest BCUT2D eigenvalue weighted by molar-refractivity contribution is -0.134. The molecule has 1 aliphatic rings. The first-order valence-corrected chi connectivity index (χ1v) is 9.69. The van der Waals surface area contributed by atoms with E-state index in [0.29, 0.717) is 13.0 Å². The van der Waals surface area contributed by atoms with Crippen molar-refractivity contribution in [2.45, 2.75) is 57.5 Å². The molecule has 1 fully saturated rings. The van der Waals surface area contributed by atoms with Gasteiger partial charge in [0, 0.05) is 19.0 Å². The molecule has 3 rings (SSSR count). The number of benzene rings is 2. The summed E-state index contributed by atoms with van der Waals surface area (Å²) in [6.07, 6.45) is 6.56. The van der Waals surface area contributed by atoms with Crippen LogP contribution in [0.25, 0.3) is 0 Å². The van der Waals surface area contributed by atoms with E-state index < -0.39 is 5.82 Å². The molecule has 0 radical (unpaired) electrons. The van der Waals surface area contributed by atoms with E-state index in [2.05, 4.69) is 12.1 Å². The van der Waals surface area contributed by atoms with Crippen molar-refractivity contribution in [1.82, 2.24) is 4.90 Å². The van der Waals surface area contributed by atoms with Gasteiger partial charge in [-0.05, 0) is 48.9 Å². The molecule has 27 heavy (non-hydrogen) atoms. The second kappa shape index (κ2) is 9.32. The number of nitrogens with zero attached hydrogens (tertiary/aromatic N) is 2. The average molecular weight is 364 g/mol. The Bertz CT molecular complexity index is 807. The van der Waals surface area contributed by atoms with Crippen LogP contribution in [0.15, 0.2) is 48.5 Å². The molecule has 4 heteroatoms. The Kier molecular flexibility index (Phi) is 6.59. The number of hydrogen-bond acceptors (Lipinski definition) is 2. The molecule has 0 bridgehead atoms. The molecule has 2 aromatic carbocycles. The summed E-state index contributed by atoms with van der Waals surface area (Å²) in [5.41, 5.74) is 2.10. The van der Waals surface area contributed by atoms with Gasteiger partial charge in [0.05, 0.1) is 5.56 Å². The van der Waals surface area contributed by atoms with Gasteiger partial charge in [-0.1, -0.05) is 49.2 Å². The first-order chi connectivity index (χ1) is 13.2. The SMILES string of the molecule is N#Cc1cc(CN(C(=O)CCCc2ccccc2)C2CCCC2)ccc1F. The largest absolute Gasteiger partial charge is 0.335 e. The van der Waals surface area contributed by atoms with E-state index in [1.54, 1.807) is 12.1 Å². The van der Waals surface area contributed by atoms with Crippen molar-refractivity contribution in [3.8, 4) is 6.07 Å². The van der Waals surface area contributed by atoms with Crippen molar-refractivity contribution < 1.29 is 9.18 Å². The molecule has 1 saturated carbocycles. The van der Waals surface area contributed by atoms with Crippen molar-refractivity contribution in [3.05, 3.63) is 71.0 Å². The van der Waals surface area contributed by atoms with E-state index in [0.717, 1.165) is 44.1 Å². The van der Waals surface area contributed by atoms with Gasteiger partial charge in [0.15, 0.2) is 0 Å². The van der Waals surface area contributed by atoms with Crippen LogP contribution in [0.5, 0.6) is 0 Å². The van der Waals surface area contributed by atoms with E-state index in [1.807, 2.05) is 29.2 Å². The van der Waals surface area contributed by atoms with Crippen molar-refractivity contribution in [1.29, 1.82) is 5.26 Å². The highest BCUT2D eigenvalue weighted by atomic mass is 19.1. The third-order valence-electron chi connectivity index (χ3n) is 5.29. The van der Waals surface area contributed by atoms with Gasteiger partial charge >= 0.3 is 0 Å². The molecular weight excluding hydrogens is 339 g/mol. The summed E-state index contributed by atoms with van der Waals surface area (Å²) in [4.78, 5) is 14.9. The second-order valence-electron chi connectivity index (χ2n) is 7.23. The van der Waals surface area contributed by atoms with Crippen molar-refractivity contribution in [3.63, 3.8) is 0 Å². The first-order valence-electron chi connectivity index (χ1n) is 9.69. The molecule has 0 unspecified atom stereocenters. The minimum atomic E-state index is -0.511. The van der Waals surface area contributed by atoms with Crippen LogP contribution in [0.2, 0.25) is 0 Å². The van der Waals surface area contributed by atoms with Gasteiger partial charge in [-0.3, -0.25) is 4.79 Å². The molecule has 2 aromatic rings. The predicted octanol–water partition coefficient (Wildman–Crippen LogP) is 4.99. The second-order valence-corrected chi connectivity index (χ2v) is 7.23. The van der Waals surface area contributed by atoms with Crippen LogP contribution in [0.1, 0.15) is 55.2 Å². The molecule has 0 saturated heterocycles. The summed E-state index contributed by atoms with van der Waals surface area (Å²) in [7, 11) is 0. The molecule has 140 valence electrons. The molecule has 0 atom stereocenters. The highest BCUT2D eigenvalue weighted by Gasteiger charge is 2.26. The summed E-state index contributed by atoms with van der Waals surface area (Å²) in [5.74, 6) is -0.358. The van der Waals surface area contributed by atoms with Crippen LogP contribution in [0, 0.1) is 17.1 Å². The molecule has 1 aliphatic carbocycles. The van der Waals surface area contributed by atoms with E-state index in [4.69, 9.17) is 5.26 Å². The number of hydrogen-bond donors (Lipinski definition) is 0. The fourth-order valence-electron chi connectivity index (χ4n) is 3.82. The third-order valence-corrected chi connectivity index (χ3v) is 5.29. The number of halogens is 1. The first kappa shape index (κ1) is 19.1. The lowest BCUT2D eigenvalue weighted by Gasteiger charge is -2.29. The van der Waals surface area contributed by atoms with Crippen LogP contribution < -0.4 is 0 Å². The summed E-state index contributed by atoms with van der Waals surface area (Å²) in [6, 6.07) is 16.9. The highest BCUT2D eigenvalue weighted by molar-refractivity contribution is 5.76. The van der Waals surface area contributed by atoms with Crippen LogP contribution in [-0.4, -0.2) is 16.8 Å². The standard InChI is InChI=1S/C23H25FN2O/c24-22-14-13-19(15-20(22)16-25)17-26(21-10-4-5-11-21)23(27)12-6-9-18-7-2-1-3-8-18/h1-3,7-8,13-15,21H,4-6,9-12,17H2. The Morgan fingerprint density at radius 2 is 1.85 bits per heavy atom. The maximum atomic E-state index is 13.6. The molecule has 0 aliphatic heterocycles. The van der Waals surface area contributed by atoms with Crippen LogP contribution in [0.3, 0.4) is 0 Å². The average Bonchev–Trinajstić information content (AvgIpc) is 3.22. The van der Waals surface area contributed by atoms with Crippen LogP contribution >= 0.6 is 0 Å². The minimum absolute atomic E-state index is 0.0374. The van der Waals surface area contributed by atoms with E-state index in [9.17, 15) is 9.18 Å². The number of carbonyl (C=O) groups is 1. The summed E-state index contributed by atoms with van der Waals surface area (Å²) in [6.45, 7) is 0.448. The van der Waals surface area contributed by atoms with Crippen molar-refractivity contribution >= 4 is 5.91 Å². The Hall–Kier alpha value is -2.67. The zero-order chi connectivity index (χ0) is 19.1. The van der Waals surface area contributed by atoms with Crippen LogP contribution in [-0.2, 0) is 17.8 Å². The summed E-state index contributed by atoms with van der Waals surface area (Å²) < 4.78 is 13.6. The maximum Gasteiger partial charge on any atom is 0.223 e. The number of aryl methyl sites for hydroxylation is 1. The highest BCUT2D eigenvalue weighted by Crippen LogP contribution is 2.26. The maximum absolute atomic E-state index is 13.6. The molecule has 0 aromatic heterocycles. The van der Waals surface area contributed by atoms with Crippen LogP contribution in [0.4, 0.5) is 4.39 Å². The number of nitriles is 1. The van der Waals surface area contributed by atoms with E-state index in [-0.39, 0.29) is 17.5 Å². The van der Waals surface area contributed by atoms with Gasteiger partial charge in [0.25, 0.3) is 0 Å². The predicted molar refractivity (Wildman–Crippen MR) is 103 cm³/mol. The van der Waals surface area contributed by atoms with Gasteiger partial charge < -0.3 is 4.90 Å². The molecule has 3 nitrogen and oxygen atoms in total. The fraction of sp³-hybridized carbons (Fsp3) is 0.391. The normalized spacial score (nSPS) is 14.1. The Morgan fingerprint density at radius 1 is 1.11 bits per heavy atom. The van der Waals surface area contributed by atoms with Gasteiger partial charge in [0.2, 0.25) is 5.91 Å². The lowest BCUT2D eigenvalue weighted by Crippen LogP contribution is -2.38. The topological polar surface area (TPSA) is 44.1 Å². The van der Waals surface area contributed by atoms with E-state index >= 15 is 0 Å². The Balaban J connectivity index is 1.65. The number of rotatable bonds is 7. The molecule has 1 amide bonds. The number of amides is 1. The Labute approximate surface area is 160 Å². The zero-order valence-electron chi connectivity index (χ0n) is 15.5. The fourth-order valence-corrected chi connectivity index (χ4v) is 3.82. The van der Waals surface area contributed by atoms with E-state index in [1.165, 1.54) is 11.6 Å². The molecule has 0 N–H and O–H groups in total. The monoisotopic (exact) mass is 364 g/mol. The van der Waals surface area contributed by atoms with Gasteiger partial charge in [-0.2, -0.15) is 5.26 Å².